The summed E-state index contributed by atoms with van der Waals surface area (Å²) in [5, 5.41) is 2.24. The molecular formula is C33H45N5O7. The van der Waals surface area contributed by atoms with Crippen molar-refractivity contribution in [2.24, 2.45) is 11.3 Å². The zero-order chi connectivity index (χ0) is 31.9. The predicted octanol–water partition coefficient (Wildman–Crippen LogP) is 1.67. The number of amides is 4. The van der Waals surface area contributed by atoms with Gasteiger partial charge in [-0.2, -0.15) is 0 Å². The Kier molecular flexibility index (Phi) is 8.75. The van der Waals surface area contributed by atoms with E-state index < -0.39 is 29.4 Å². The minimum atomic E-state index is -0.952. The van der Waals surface area contributed by atoms with E-state index in [-0.39, 0.29) is 36.7 Å². The number of carbonyl (C=O) groups excluding carboxylic acids is 5. The lowest BCUT2D eigenvalue weighted by Crippen LogP contribution is -2.58. The summed E-state index contributed by atoms with van der Waals surface area (Å²) in [5.41, 5.74) is 1.33. The summed E-state index contributed by atoms with van der Waals surface area (Å²) in [5.74, 6) is -1.55. The van der Waals surface area contributed by atoms with Gasteiger partial charge in [0, 0.05) is 50.2 Å². The number of carbonyl (C=O) groups is 5. The molecule has 0 aliphatic carbocycles. The largest absolute Gasteiger partial charge is 0.458 e. The average molecular weight is 624 g/mol. The minimum absolute atomic E-state index is 0.00466. The van der Waals surface area contributed by atoms with Crippen molar-refractivity contribution >= 4 is 35.3 Å². The van der Waals surface area contributed by atoms with Gasteiger partial charge in [0.25, 0.3) is 11.8 Å². The first-order valence-corrected chi connectivity index (χ1v) is 16.2. The molecular weight excluding hydrogens is 578 g/mol. The third-order valence-electron chi connectivity index (χ3n) is 9.77. The molecule has 0 aromatic heterocycles. The van der Waals surface area contributed by atoms with Crippen LogP contribution < -0.4 is 10.2 Å². The quantitative estimate of drug-likeness (QED) is 0.247. The molecule has 244 valence electrons. The number of ether oxygens (including phenoxy) is 2. The molecule has 4 fully saturated rings. The van der Waals surface area contributed by atoms with Crippen molar-refractivity contribution in [2.75, 3.05) is 70.5 Å². The van der Waals surface area contributed by atoms with E-state index in [4.69, 9.17) is 9.47 Å². The highest BCUT2D eigenvalue weighted by Crippen LogP contribution is 2.43. The lowest BCUT2D eigenvalue weighted by atomic mass is 9.78. The Morgan fingerprint density at radius 1 is 0.956 bits per heavy atom. The number of benzene rings is 1. The molecule has 12 nitrogen and oxygen atoms in total. The molecule has 1 spiro atoms. The molecule has 6 rings (SSSR count). The van der Waals surface area contributed by atoms with Crippen LogP contribution in [0.25, 0.3) is 0 Å². The van der Waals surface area contributed by atoms with Gasteiger partial charge >= 0.3 is 5.97 Å². The fourth-order valence-corrected chi connectivity index (χ4v) is 7.52. The number of esters is 1. The van der Waals surface area contributed by atoms with E-state index in [1.54, 1.807) is 12.1 Å². The minimum Gasteiger partial charge on any atom is -0.458 e. The lowest BCUT2D eigenvalue weighted by Gasteiger charge is -2.49. The number of fused-ring (bicyclic) bond motifs is 1. The smallest absolute Gasteiger partial charge is 0.332 e. The predicted molar refractivity (Wildman–Crippen MR) is 165 cm³/mol. The van der Waals surface area contributed by atoms with Crippen LogP contribution in [-0.4, -0.2) is 122 Å². The molecule has 4 saturated heterocycles. The van der Waals surface area contributed by atoms with Gasteiger partial charge in [-0.3, -0.25) is 29.4 Å². The van der Waals surface area contributed by atoms with E-state index in [2.05, 4.69) is 20.0 Å². The Hall–Kier alpha value is -3.35. The first-order valence-electron chi connectivity index (χ1n) is 16.2. The van der Waals surface area contributed by atoms with Crippen LogP contribution in [0.4, 0.5) is 5.69 Å². The fourth-order valence-electron chi connectivity index (χ4n) is 7.52. The second-order valence-electron chi connectivity index (χ2n) is 14.4. The van der Waals surface area contributed by atoms with Crippen LogP contribution in [0.1, 0.15) is 73.6 Å². The third kappa shape index (κ3) is 6.92. The zero-order valence-electron chi connectivity index (χ0n) is 26.6. The average Bonchev–Trinajstić information content (AvgIpc) is 3.49. The molecule has 1 N–H and O–H groups in total. The maximum Gasteiger partial charge on any atom is 0.332 e. The number of rotatable bonds is 9. The van der Waals surface area contributed by atoms with Gasteiger partial charge in [-0.1, -0.05) is 0 Å². The van der Waals surface area contributed by atoms with E-state index in [9.17, 15) is 24.0 Å². The van der Waals surface area contributed by atoms with Crippen LogP contribution in [0, 0.1) is 11.3 Å². The van der Waals surface area contributed by atoms with Crippen LogP contribution in [0.15, 0.2) is 18.2 Å². The van der Waals surface area contributed by atoms with Crippen molar-refractivity contribution in [3.63, 3.8) is 0 Å². The Bertz CT molecular complexity index is 1360. The molecule has 45 heavy (non-hydrogen) atoms. The molecule has 4 amide bonds. The van der Waals surface area contributed by atoms with Gasteiger partial charge in [-0.25, -0.2) is 4.79 Å². The molecule has 12 heteroatoms. The van der Waals surface area contributed by atoms with Crippen LogP contribution in [0.3, 0.4) is 0 Å². The maximum atomic E-state index is 13.2. The van der Waals surface area contributed by atoms with Crippen molar-refractivity contribution in [3.8, 4) is 0 Å². The van der Waals surface area contributed by atoms with Crippen molar-refractivity contribution in [3.05, 3.63) is 29.3 Å². The highest BCUT2D eigenvalue weighted by molar-refractivity contribution is 6.23. The van der Waals surface area contributed by atoms with Crippen molar-refractivity contribution < 1.29 is 33.4 Å². The number of hydrogen-bond donors (Lipinski definition) is 1. The first kappa shape index (κ1) is 31.6. The molecule has 1 atom stereocenters. The van der Waals surface area contributed by atoms with Gasteiger partial charge in [-0.15, -0.1) is 0 Å². The second-order valence-corrected chi connectivity index (χ2v) is 14.4. The number of anilines is 1. The highest BCUT2D eigenvalue weighted by Gasteiger charge is 2.49. The zero-order valence-corrected chi connectivity index (χ0v) is 26.6. The third-order valence-corrected chi connectivity index (χ3v) is 9.77. The van der Waals surface area contributed by atoms with E-state index in [0.29, 0.717) is 23.7 Å². The standard InChI is InChI=1S/C33H45N5O7/c1-32(2,3)45-28(40)18-44-15-14-35-11-8-22(9-12-35)17-36-13-10-33(19-36)20-37(21-33)23-4-5-24-25(16-23)31(43)38(30(24)42)26-6-7-27(39)34-29(26)41/h4-5,16,22,26H,6-15,17-21H2,1-3H3,(H,34,39,41). The number of hydrogen-bond acceptors (Lipinski definition) is 10. The number of nitrogens with zero attached hydrogens (tertiary/aromatic N) is 4. The van der Waals surface area contributed by atoms with Gasteiger partial charge in [0.15, 0.2) is 0 Å². The normalized spacial score (nSPS) is 24.3. The van der Waals surface area contributed by atoms with E-state index >= 15 is 0 Å². The van der Waals surface area contributed by atoms with Crippen LogP contribution in [0.2, 0.25) is 0 Å². The number of imide groups is 2. The fraction of sp³-hybridized carbons (Fsp3) is 0.667. The Morgan fingerprint density at radius 2 is 1.69 bits per heavy atom. The SMILES string of the molecule is CC(C)(C)OC(=O)COCCN1CCC(CN2CCC3(C2)CN(c2ccc4c(c2)C(=O)N(C2CCC(=O)NC2=O)C4=O)C3)CC1. The molecule has 1 aromatic rings. The van der Waals surface area contributed by atoms with Gasteiger partial charge < -0.3 is 24.2 Å². The Labute approximate surface area is 264 Å². The summed E-state index contributed by atoms with van der Waals surface area (Å²) in [4.78, 5) is 70.3. The van der Waals surface area contributed by atoms with Gasteiger partial charge in [0.05, 0.1) is 17.7 Å². The number of nitrogens with one attached hydrogen (secondary N) is 1. The van der Waals surface area contributed by atoms with Crippen molar-refractivity contribution in [1.29, 1.82) is 0 Å². The first-order chi connectivity index (χ1) is 21.4. The number of piperidine rings is 2. The molecule has 5 aliphatic heterocycles. The molecule has 0 radical (unpaired) electrons. The summed E-state index contributed by atoms with van der Waals surface area (Å²) in [6, 6.07) is 4.43. The van der Waals surface area contributed by atoms with Gasteiger partial charge in [0.1, 0.15) is 18.2 Å². The van der Waals surface area contributed by atoms with Crippen LogP contribution in [0.5, 0.6) is 0 Å². The van der Waals surface area contributed by atoms with Crippen LogP contribution >= 0.6 is 0 Å². The Morgan fingerprint density at radius 3 is 2.40 bits per heavy atom. The van der Waals surface area contributed by atoms with E-state index in [1.807, 2.05) is 26.8 Å². The summed E-state index contributed by atoms with van der Waals surface area (Å²) in [6.07, 6.45) is 3.75. The van der Waals surface area contributed by atoms with E-state index in [0.717, 1.165) is 69.4 Å². The Balaban J connectivity index is 0.927. The molecule has 5 heterocycles. The molecule has 5 aliphatic rings. The van der Waals surface area contributed by atoms with Crippen molar-refractivity contribution in [1.82, 2.24) is 20.0 Å². The topological polar surface area (TPSA) is 129 Å². The number of likely N-dealkylation sites (tertiary alicyclic amines) is 2. The van der Waals surface area contributed by atoms with Crippen LogP contribution in [-0.2, 0) is 23.9 Å². The molecule has 0 saturated carbocycles. The summed E-state index contributed by atoms with van der Waals surface area (Å²) < 4.78 is 10.8. The second kappa shape index (κ2) is 12.4. The molecule has 1 unspecified atom stereocenters. The summed E-state index contributed by atoms with van der Waals surface area (Å²) in [7, 11) is 0. The highest BCUT2D eigenvalue weighted by atomic mass is 16.6. The lowest BCUT2D eigenvalue weighted by molar-refractivity contribution is -0.160. The van der Waals surface area contributed by atoms with Crippen molar-refractivity contribution in [2.45, 2.75) is 64.5 Å². The maximum absolute atomic E-state index is 13.2. The van der Waals surface area contributed by atoms with Gasteiger partial charge in [0.2, 0.25) is 11.8 Å². The summed E-state index contributed by atoms with van der Waals surface area (Å²) >= 11 is 0. The van der Waals surface area contributed by atoms with E-state index in [1.165, 1.54) is 12.8 Å². The molecule has 0 bridgehead atoms. The van der Waals surface area contributed by atoms with Gasteiger partial charge in [-0.05, 0) is 90.2 Å². The summed E-state index contributed by atoms with van der Waals surface area (Å²) in [6.45, 7) is 14.1. The molecule has 1 aromatic carbocycles. The monoisotopic (exact) mass is 623 g/mol.